The molecular formula is C20H17N3O3. The number of benzene rings is 2. The topological polar surface area (TPSA) is 83.8 Å². The fraction of sp³-hybridized carbons (Fsp3) is 0.0500. The summed E-state index contributed by atoms with van der Waals surface area (Å²) in [5, 5.41) is 14.5. The van der Waals surface area contributed by atoms with Crippen molar-refractivity contribution in [1.29, 1.82) is 0 Å². The van der Waals surface area contributed by atoms with E-state index in [1.165, 1.54) is 6.21 Å². The maximum absolute atomic E-state index is 12.7. The number of nitrogens with one attached hydrogen (secondary N) is 1. The molecule has 0 fully saturated rings. The van der Waals surface area contributed by atoms with Gasteiger partial charge in [-0.25, -0.2) is 0 Å². The minimum absolute atomic E-state index is 0.335. The van der Waals surface area contributed by atoms with Crippen LogP contribution in [0.25, 0.3) is 0 Å². The summed E-state index contributed by atoms with van der Waals surface area (Å²) in [6.45, 7) is 0.335. The van der Waals surface area contributed by atoms with E-state index >= 15 is 0 Å². The molecule has 0 saturated heterocycles. The molecule has 0 spiro atoms. The molecule has 3 aromatic rings. The number of carbonyl (C=O) groups excluding carboxylic acids is 1. The predicted octanol–water partition coefficient (Wildman–Crippen LogP) is 3.72. The number of oxime groups is 1. The molecule has 0 aliphatic heterocycles. The monoisotopic (exact) mass is 347 g/mol. The van der Waals surface area contributed by atoms with Crippen LogP contribution in [-0.2, 0) is 6.61 Å². The number of anilines is 1. The Morgan fingerprint density at radius 2 is 2.00 bits per heavy atom. The Bertz CT molecular complexity index is 897. The van der Waals surface area contributed by atoms with E-state index in [-0.39, 0.29) is 5.91 Å². The molecule has 0 aliphatic rings. The van der Waals surface area contributed by atoms with Crippen molar-refractivity contribution in [3.63, 3.8) is 0 Å². The van der Waals surface area contributed by atoms with Gasteiger partial charge in [-0.3, -0.25) is 9.78 Å². The minimum Gasteiger partial charge on any atom is -0.488 e. The van der Waals surface area contributed by atoms with Crippen molar-refractivity contribution in [2.24, 2.45) is 5.16 Å². The molecule has 26 heavy (non-hydrogen) atoms. The highest BCUT2D eigenvalue weighted by atomic mass is 16.5. The number of carbonyl (C=O) groups is 1. The molecule has 2 N–H and O–H groups in total. The molecule has 0 saturated carbocycles. The van der Waals surface area contributed by atoms with Crippen molar-refractivity contribution in [3.05, 3.63) is 89.7 Å². The number of hydrogen-bond donors (Lipinski definition) is 2. The quantitative estimate of drug-likeness (QED) is 0.404. The first kappa shape index (κ1) is 17.2. The van der Waals surface area contributed by atoms with E-state index < -0.39 is 0 Å². The van der Waals surface area contributed by atoms with Gasteiger partial charge in [-0.2, -0.15) is 0 Å². The number of hydrogen-bond acceptors (Lipinski definition) is 5. The summed E-state index contributed by atoms with van der Waals surface area (Å²) < 4.78 is 5.83. The molecule has 0 unspecified atom stereocenters. The third kappa shape index (κ3) is 4.45. The normalized spacial score (nSPS) is 10.6. The lowest BCUT2D eigenvalue weighted by Crippen LogP contribution is -2.14. The second-order valence-corrected chi connectivity index (χ2v) is 5.47. The Labute approximate surface area is 150 Å². The lowest BCUT2D eigenvalue weighted by Gasteiger charge is -2.12. The Kier molecular flexibility index (Phi) is 5.57. The highest BCUT2D eigenvalue weighted by Gasteiger charge is 2.14. The van der Waals surface area contributed by atoms with Crippen LogP contribution in [0.4, 0.5) is 5.69 Å². The van der Waals surface area contributed by atoms with Crippen LogP contribution in [0, 0.1) is 0 Å². The zero-order valence-corrected chi connectivity index (χ0v) is 13.9. The molecule has 2 aromatic carbocycles. The van der Waals surface area contributed by atoms with Gasteiger partial charge in [0.15, 0.2) is 0 Å². The number of amides is 1. The first-order chi connectivity index (χ1) is 12.8. The molecule has 3 rings (SSSR count). The summed E-state index contributed by atoms with van der Waals surface area (Å²) >= 11 is 0. The maximum Gasteiger partial charge on any atom is 0.259 e. The van der Waals surface area contributed by atoms with Crippen molar-refractivity contribution in [1.82, 2.24) is 4.98 Å². The van der Waals surface area contributed by atoms with Crippen LogP contribution in [0.1, 0.15) is 21.5 Å². The molecule has 0 bridgehead atoms. The van der Waals surface area contributed by atoms with E-state index in [4.69, 9.17) is 9.94 Å². The van der Waals surface area contributed by atoms with Gasteiger partial charge in [-0.05, 0) is 41.5 Å². The van der Waals surface area contributed by atoms with Gasteiger partial charge in [0.05, 0.1) is 23.7 Å². The summed E-state index contributed by atoms with van der Waals surface area (Å²) in [5.74, 6) is 0.0968. The molecule has 1 aromatic heterocycles. The predicted molar refractivity (Wildman–Crippen MR) is 98.8 cm³/mol. The van der Waals surface area contributed by atoms with Crippen molar-refractivity contribution >= 4 is 17.8 Å². The summed E-state index contributed by atoms with van der Waals surface area (Å²) in [7, 11) is 0. The summed E-state index contributed by atoms with van der Waals surface area (Å²) in [5.41, 5.74) is 2.48. The minimum atomic E-state index is -0.339. The van der Waals surface area contributed by atoms with Gasteiger partial charge in [-0.1, -0.05) is 35.5 Å². The maximum atomic E-state index is 12.7. The number of nitrogens with zero attached hydrogens (tertiary/aromatic N) is 2. The van der Waals surface area contributed by atoms with E-state index in [0.29, 0.717) is 29.2 Å². The Morgan fingerprint density at radius 3 is 2.73 bits per heavy atom. The van der Waals surface area contributed by atoms with Gasteiger partial charge in [0.2, 0.25) is 0 Å². The van der Waals surface area contributed by atoms with Crippen LogP contribution in [0.2, 0.25) is 0 Å². The van der Waals surface area contributed by atoms with Crippen molar-refractivity contribution in [2.75, 3.05) is 5.32 Å². The van der Waals surface area contributed by atoms with Gasteiger partial charge in [0.25, 0.3) is 5.91 Å². The average Bonchev–Trinajstić information content (AvgIpc) is 2.69. The van der Waals surface area contributed by atoms with Crippen molar-refractivity contribution in [3.8, 4) is 5.75 Å². The van der Waals surface area contributed by atoms with Crippen LogP contribution in [-0.4, -0.2) is 22.3 Å². The van der Waals surface area contributed by atoms with Gasteiger partial charge in [0, 0.05) is 6.20 Å². The molecule has 6 heteroatoms. The smallest absolute Gasteiger partial charge is 0.259 e. The largest absolute Gasteiger partial charge is 0.488 e. The van der Waals surface area contributed by atoms with Gasteiger partial charge in [0.1, 0.15) is 12.4 Å². The third-order valence-corrected chi connectivity index (χ3v) is 3.61. The summed E-state index contributed by atoms with van der Waals surface area (Å²) in [6.07, 6.45) is 4.44. The number of aromatic nitrogens is 1. The zero-order chi connectivity index (χ0) is 18.2. The SMILES string of the molecule is O=C(Nc1cccnc1)c1cc(/C=N/O)ccc1OCc1ccccc1. The molecule has 6 nitrogen and oxygen atoms in total. The van der Waals surface area contributed by atoms with Crippen LogP contribution in [0.15, 0.2) is 78.2 Å². The molecule has 1 heterocycles. The zero-order valence-electron chi connectivity index (χ0n) is 13.9. The summed E-state index contributed by atoms with van der Waals surface area (Å²) in [4.78, 5) is 16.7. The van der Waals surface area contributed by atoms with E-state index in [1.807, 2.05) is 30.3 Å². The number of pyridine rings is 1. The second-order valence-electron chi connectivity index (χ2n) is 5.47. The highest BCUT2D eigenvalue weighted by molar-refractivity contribution is 6.07. The Hall–Kier alpha value is -3.67. The van der Waals surface area contributed by atoms with Crippen LogP contribution in [0.5, 0.6) is 5.75 Å². The lowest BCUT2D eigenvalue weighted by atomic mass is 10.1. The first-order valence-corrected chi connectivity index (χ1v) is 7.96. The Morgan fingerprint density at radius 1 is 1.15 bits per heavy atom. The molecule has 0 atom stereocenters. The van der Waals surface area contributed by atoms with Crippen LogP contribution < -0.4 is 10.1 Å². The van der Waals surface area contributed by atoms with Crippen LogP contribution in [0.3, 0.4) is 0 Å². The van der Waals surface area contributed by atoms with Gasteiger partial charge >= 0.3 is 0 Å². The average molecular weight is 347 g/mol. The fourth-order valence-corrected chi connectivity index (χ4v) is 2.37. The number of ether oxygens (including phenoxy) is 1. The number of rotatable bonds is 6. The van der Waals surface area contributed by atoms with Gasteiger partial charge in [-0.15, -0.1) is 0 Å². The molecule has 1 amide bonds. The summed E-state index contributed by atoms with van der Waals surface area (Å²) in [6, 6.07) is 18.1. The lowest BCUT2D eigenvalue weighted by molar-refractivity contribution is 0.102. The van der Waals surface area contributed by atoms with Gasteiger partial charge < -0.3 is 15.3 Å². The standard InChI is InChI=1S/C20H17N3O3/c24-20(23-17-7-4-10-21-13-17)18-11-16(12-22-25)8-9-19(18)26-14-15-5-2-1-3-6-15/h1-13,25H,14H2,(H,23,24)/b22-12+. The fourth-order valence-electron chi connectivity index (χ4n) is 2.37. The molecule has 0 radical (unpaired) electrons. The van der Waals surface area contributed by atoms with E-state index in [2.05, 4.69) is 15.5 Å². The second kappa shape index (κ2) is 8.43. The molecule has 130 valence electrons. The highest BCUT2D eigenvalue weighted by Crippen LogP contribution is 2.22. The van der Waals surface area contributed by atoms with Crippen LogP contribution >= 0.6 is 0 Å². The third-order valence-electron chi connectivity index (χ3n) is 3.61. The van der Waals surface area contributed by atoms with E-state index in [0.717, 1.165) is 5.56 Å². The van der Waals surface area contributed by atoms with Crippen molar-refractivity contribution in [2.45, 2.75) is 6.61 Å². The Balaban J connectivity index is 1.84. The van der Waals surface area contributed by atoms with Crippen molar-refractivity contribution < 1.29 is 14.7 Å². The first-order valence-electron chi connectivity index (χ1n) is 7.96. The van der Waals surface area contributed by atoms with E-state index in [9.17, 15) is 4.79 Å². The van der Waals surface area contributed by atoms with E-state index in [1.54, 1.807) is 42.7 Å². The molecular weight excluding hydrogens is 330 g/mol. The molecule has 0 aliphatic carbocycles.